The molecule has 0 radical (unpaired) electrons. The van der Waals surface area contributed by atoms with Crippen LogP contribution in [0.4, 0.5) is 10.5 Å². The van der Waals surface area contributed by atoms with Crippen LogP contribution >= 0.6 is 0 Å². The number of carbonyl (C=O) groups excluding carboxylic acids is 4. The second-order valence-electron chi connectivity index (χ2n) is 7.25. The van der Waals surface area contributed by atoms with Gasteiger partial charge in [-0.3, -0.25) is 14.9 Å². The lowest BCUT2D eigenvalue weighted by atomic mass is 10.1. The number of furan rings is 1. The monoisotopic (exact) mass is 401 g/mol. The van der Waals surface area contributed by atoms with E-state index in [1.54, 1.807) is 26.8 Å². The molecule has 2 aromatic rings. The smallest absolute Gasteiger partial charge is 0.338 e. The molecule has 1 aromatic carbocycles. The van der Waals surface area contributed by atoms with Gasteiger partial charge in [0.1, 0.15) is 0 Å². The van der Waals surface area contributed by atoms with Gasteiger partial charge < -0.3 is 19.8 Å². The number of anilines is 1. The van der Waals surface area contributed by atoms with Gasteiger partial charge in [-0.05, 0) is 64.1 Å². The molecule has 154 valence electrons. The number of rotatable bonds is 5. The Morgan fingerprint density at radius 2 is 1.69 bits per heavy atom. The number of hydrogen-bond donors (Lipinski definition) is 3. The van der Waals surface area contributed by atoms with Crippen molar-refractivity contribution < 1.29 is 28.3 Å². The fourth-order valence-electron chi connectivity index (χ4n) is 2.16. The summed E-state index contributed by atoms with van der Waals surface area (Å²) in [5.74, 6) is -1.76. The number of carbonyl (C=O) groups is 4. The predicted octanol–water partition coefficient (Wildman–Crippen LogP) is 2.70. The van der Waals surface area contributed by atoms with Crippen LogP contribution in [-0.4, -0.2) is 35.5 Å². The molecule has 0 aliphatic rings. The molecule has 0 unspecified atom stereocenters. The molecule has 0 bridgehead atoms. The van der Waals surface area contributed by atoms with E-state index in [2.05, 4.69) is 16.0 Å². The van der Waals surface area contributed by atoms with Gasteiger partial charge in [0.15, 0.2) is 11.9 Å². The first-order valence-electron chi connectivity index (χ1n) is 8.84. The van der Waals surface area contributed by atoms with E-state index in [9.17, 15) is 19.2 Å². The number of esters is 1. The van der Waals surface area contributed by atoms with Gasteiger partial charge in [-0.1, -0.05) is 0 Å². The van der Waals surface area contributed by atoms with Crippen molar-refractivity contribution in [1.82, 2.24) is 10.6 Å². The molecule has 0 aliphatic heterocycles. The summed E-state index contributed by atoms with van der Waals surface area (Å²) in [6.07, 6.45) is 0.213. The zero-order valence-corrected chi connectivity index (χ0v) is 16.6. The van der Waals surface area contributed by atoms with Crippen LogP contribution in [0.3, 0.4) is 0 Å². The third-order valence-electron chi connectivity index (χ3n) is 3.50. The Morgan fingerprint density at radius 1 is 1.03 bits per heavy atom. The van der Waals surface area contributed by atoms with Gasteiger partial charge >= 0.3 is 12.0 Å². The van der Waals surface area contributed by atoms with E-state index in [1.807, 2.05) is 0 Å². The highest BCUT2D eigenvalue weighted by Gasteiger charge is 2.22. The van der Waals surface area contributed by atoms with Crippen LogP contribution in [0.2, 0.25) is 0 Å². The summed E-state index contributed by atoms with van der Waals surface area (Å²) in [6.45, 7) is 6.65. The highest BCUT2D eigenvalue weighted by molar-refractivity contribution is 6.02. The third kappa shape index (κ3) is 6.80. The van der Waals surface area contributed by atoms with Gasteiger partial charge in [0.05, 0.1) is 11.8 Å². The van der Waals surface area contributed by atoms with E-state index >= 15 is 0 Å². The molecule has 1 heterocycles. The van der Waals surface area contributed by atoms with Crippen LogP contribution in [0, 0.1) is 0 Å². The maximum Gasteiger partial charge on any atom is 0.338 e. The van der Waals surface area contributed by atoms with Gasteiger partial charge in [0.25, 0.3) is 11.8 Å². The van der Waals surface area contributed by atoms with Crippen LogP contribution in [0.25, 0.3) is 0 Å². The first-order chi connectivity index (χ1) is 13.5. The molecule has 3 N–H and O–H groups in total. The fraction of sp³-hybridized carbons (Fsp3) is 0.300. The first kappa shape index (κ1) is 21.7. The Morgan fingerprint density at radius 3 is 2.24 bits per heavy atom. The molecule has 2 rings (SSSR count). The lowest BCUT2D eigenvalue weighted by Gasteiger charge is -2.21. The van der Waals surface area contributed by atoms with Crippen molar-refractivity contribution in [3.8, 4) is 0 Å². The SMILES string of the molecule is C[C@H](OC(=O)c1ccc(NC(=O)c2ccco2)cc1)C(=O)NC(=O)NC(C)(C)C. The van der Waals surface area contributed by atoms with Crippen LogP contribution in [0.1, 0.15) is 48.6 Å². The zero-order valence-electron chi connectivity index (χ0n) is 16.6. The Balaban J connectivity index is 1.89. The van der Waals surface area contributed by atoms with Gasteiger partial charge in [0, 0.05) is 11.2 Å². The van der Waals surface area contributed by atoms with E-state index < -0.39 is 35.5 Å². The van der Waals surface area contributed by atoms with Crippen molar-refractivity contribution in [2.45, 2.75) is 39.3 Å². The Hall–Kier alpha value is -3.62. The van der Waals surface area contributed by atoms with Crippen molar-refractivity contribution in [3.63, 3.8) is 0 Å². The van der Waals surface area contributed by atoms with Gasteiger partial charge in [-0.25, -0.2) is 9.59 Å². The van der Waals surface area contributed by atoms with Crippen molar-refractivity contribution in [2.24, 2.45) is 0 Å². The van der Waals surface area contributed by atoms with Crippen molar-refractivity contribution in [3.05, 3.63) is 54.0 Å². The van der Waals surface area contributed by atoms with Crippen molar-refractivity contribution in [1.29, 1.82) is 0 Å². The Labute approximate surface area is 167 Å². The van der Waals surface area contributed by atoms with E-state index in [0.717, 1.165) is 0 Å². The highest BCUT2D eigenvalue weighted by Crippen LogP contribution is 2.13. The molecule has 0 saturated carbocycles. The summed E-state index contributed by atoms with van der Waals surface area (Å²) in [5.41, 5.74) is 0.116. The van der Waals surface area contributed by atoms with Gasteiger partial charge in [0.2, 0.25) is 0 Å². The molecule has 0 aliphatic carbocycles. The summed E-state index contributed by atoms with van der Waals surface area (Å²) < 4.78 is 10.1. The minimum absolute atomic E-state index is 0.156. The van der Waals surface area contributed by atoms with Gasteiger partial charge in [-0.15, -0.1) is 0 Å². The van der Waals surface area contributed by atoms with Crippen LogP contribution < -0.4 is 16.0 Å². The van der Waals surface area contributed by atoms with Crippen LogP contribution in [-0.2, 0) is 9.53 Å². The molecule has 0 spiro atoms. The summed E-state index contributed by atoms with van der Waals surface area (Å²) in [7, 11) is 0. The molecular weight excluding hydrogens is 378 g/mol. The molecule has 0 fully saturated rings. The van der Waals surface area contributed by atoms with E-state index in [1.165, 1.54) is 43.5 Å². The minimum atomic E-state index is -1.17. The van der Waals surface area contributed by atoms with Crippen molar-refractivity contribution in [2.75, 3.05) is 5.32 Å². The minimum Gasteiger partial charge on any atom is -0.459 e. The van der Waals surface area contributed by atoms with E-state index in [0.29, 0.717) is 5.69 Å². The normalized spacial score (nSPS) is 11.9. The van der Waals surface area contributed by atoms with E-state index in [4.69, 9.17) is 9.15 Å². The second kappa shape index (κ2) is 9.05. The Kier molecular flexibility index (Phi) is 6.76. The average Bonchev–Trinajstić information content (AvgIpc) is 3.15. The number of ether oxygens (including phenoxy) is 1. The number of nitrogens with one attached hydrogen (secondary N) is 3. The molecule has 1 atom stereocenters. The second-order valence-corrected chi connectivity index (χ2v) is 7.25. The number of benzene rings is 1. The topological polar surface area (TPSA) is 127 Å². The number of amides is 4. The third-order valence-corrected chi connectivity index (χ3v) is 3.50. The number of imide groups is 1. The predicted molar refractivity (Wildman–Crippen MR) is 104 cm³/mol. The summed E-state index contributed by atoms with van der Waals surface area (Å²) in [6, 6.07) is 8.35. The fourth-order valence-corrected chi connectivity index (χ4v) is 2.16. The molecule has 1 aromatic heterocycles. The Bertz CT molecular complexity index is 882. The molecule has 0 saturated heterocycles. The van der Waals surface area contributed by atoms with Crippen molar-refractivity contribution >= 4 is 29.5 Å². The quantitative estimate of drug-likeness (QED) is 0.661. The maximum absolute atomic E-state index is 12.2. The molecular formula is C20H23N3O6. The summed E-state index contributed by atoms with van der Waals surface area (Å²) in [5, 5.41) is 7.30. The summed E-state index contributed by atoms with van der Waals surface area (Å²) >= 11 is 0. The largest absolute Gasteiger partial charge is 0.459 e. The standard InChI is InChI=1S/C20H23N3O6/c1-12(16(24)22-19(27)23-20(2,3)4)29-18(26)13-7-9-14(10-8-13)21-17(25)15-6-5-11-28-15/h5-12H,1-4H3,(H,21,25)(H2,22,23,24,27)/t12-/m0/s1. The number of hydrogen-bond acceptors (Lipinski definition) is 6. The molecule has 9 heteroatoms. The lowest BCUT2D eigenvalue weighted by Crippen LogP contribution is -2.50. The molecule has 29 heavy (non-hydrogen) atoms. The molecule has 9 nitrogen and oxygen atoms in total. The lowest BCUT2D eigenvalue weighted by molar-refractivity contribution is -0.127. The first-order valence-corrected chi connectivity index (χ1v) is 8.84. The zero-order chi connectivity index (χ0) is 21.6. The van der Waals surface area contributed by atoms with Crippen LogP contribution in [0.5, 0.6) is 0 Å². The average molecular weight is 401 g/mol. The maximum atomic E-state index is 12.2. The van der Waals surface area contributed by atoms with Gasteiger partial charge in [-0.2, -0.15) is 0 Å². The number of urea groups is 1. The molecule has 4 amide bonds. The van der Waals surface area contributed by atoms with E-state index in [-0.39, 0.29) is 11.3 Å². The highest BCUT2D eigenvalue weighted by atomic mass is 16.5. The van der Waals surface area contributed by atoms with Crippen LogP contribution in [0.15, 0.2) is 47.1 Å². The summed E-state index contributed by atoms with van der Waals surface area (Å²) in [4.78, 5) is 47.8.